The van der Waals surface area contributed by atoms with Gasteiger partial charge in [-0.25, -0.2) is 13.4 Å². The van der Waals surface area contributed by atoms with E-state index in [0.29, 0.717) is 30.9 Å². The molecule has 2 heterocycles. The summed E-state index contributed by atoms with van der Waals surface area (Å²) in [6.07, 6.45) is 1.35. The van der Waals surface area contributed by atoms with Gasteiger partial charge in [0.15, 0.2) is 9.84 Å². The summed E-state index contributed by atoms with van der Waals surface area (Å²) in [7, 11) is -2.99. The van der Waals surface area contributed by atoms with E-state index in [1.807, 2.05) is 0 Å². The molecule has 0 amide bonds. The van der Waals surface area contributed by atoms with Gasteiger partial charge >= 0.3 is 0 Å². The minimum Gasteiger partial charge on any atom is -0.369 e. The average molecular weight is 285 g/mol. The smallest absolute Gasteiger partial charge is 0.290 e. The summed E-state index contributed by atoms with van der Waals surface area (Å²) in [5.41, 5.74) is 0.267. The Kier molecular flexibility index (Phi) is 3.70. The maximum absolute atomic E-state index is 11.6. The highest BCUT2D eigenvalue weighted by Crippen LogP contribution is 2.21. The zero-order chi connectivity index (χ0) is 14.0. The predicted octanol–water partition coefficient (Wildman–Crippen LogP) is 1.29. The van der Waals surface area contributed by atoms with Crippen LogP contribution in [0.3, 0.4) is 0 Å². The van der Waals surface area contributed by atoms with Crippen LogP contribution < -0.4 is 5.32 Å². The van der Waals surface area contributed by atoms with Gasteiger partial charge in [0.1, 0.15) is 11.5 Å². The molecule has 1 atom stereocenters. The number of pyridine rings is 1. The number of hydrogen-bond acceptors (Lipinski definition) is 6. The van der Waals surface area contributed by atoms with E-state index in [9.17, 15) is 18.5 Å². The molecule has 1 aromatic heterocycles. The molecular formula is C11H15N3O4S. The SMILES string of the molecule is Cc1nc(NCC2CCCS2(=O)=O)ccc1[N+](=O)[O-]. The van der Waals surface area contributed by atoms with Gasteiger partial charge in [0, 0.05) is 12.6 Å². The van der Waals surface area contributed by atoms with Crippen molar-refractivity contribution in [2.75, 3.05) is 17.6 Å². The second kappa shape index (κ2) is 5.12. The lowest BCUT2D eigenvalue weighted by molar-refractivity contribution is -0.385. The fourth-order valence-corrected chi connectivity index (χ4v) is 3.92. The number of anilines is 1. The summed E-state index contributed by atoms with van der Waals surface area (Å²) in [5.74, 6) is 0.705. The van der Waals surface area contributed by atoms with Gasteiger partial charge in [-0.05, 0) is 25.8 Å². The van der Waals surface area contributed by atoms with Crippen LogP contribution in [0.1, 0.15) is 18.5 Å². The number of hydrogen-bond donors (Lipinski definition) is 1. The third-order valence-corrected chi connectivity index (χ3v) is 5.50. The number of nitrogens with zero attached hydrogens (tertiary/aromatic N) is 2. The summed E-state index contributed by atoms with van der Waals surface area (Å²) >= 11 is 0. The highest BCUT2D eigenvalue weighted by Gasteiger charge is 2.30. The molecule has 7 nitrogen and oxygen atoms in total. The molecule has 0 radical (unpaired) electrons. The summed E-state index contributed by atoms with van der Waals surface area (Å²) in [5, 5.41) is 13.2. The monoisotopic (exact) mass is 285 g/mol. The van der Waals surface area contributed by atoms with Crippen molar-refractivity contribution in [1.29, 1.82) is 0 Å². The van der Waals surface area contributed by atoms with Crippen LogP contribution in [-0.4, -0.2) is 35.9 Å². The molecule has 0 saturated carbocycles. The van der Waals surface area contributed by atoms with Crippen LogP contribution in [0, 0.1) is 17.0 Å². The summed E-state index contributed by atoms with van der Waals surface area (Å²) in [6.45, 7) is 1.85. The number of aryl methyl sites for hydroxylation is 1. The quantitative estimate of drug-likeness (QED) is 0.660. The van der Waals surface area contributed by atoms with E-state index < -0.39 is 14.8 Å². The topological polar surface area (TPSA) is 102 Å². The van der Waals surface area contributed by atoms with Gasteiger partial charge < -0.3 is 5.32 Å². The fraction of sp³-hybridized carbons (Fsp3) is 0.545. The van der Waals surface area contributed by atoms with Crippen LogP contribution >= 0.6 is 0 Å². The second-order valence-corrected chi connectivity index (χ2v) is 6.97. The molecule has 1 fully saturated rings. The van der Waals surface area contributed by atoms with Crippen LogP contribution in [0.25, 0.3) is 0 Å². The first kappa shape index (κ1) is 13.7. The van der Waals surface area contributed by atoms with Gasteiger partial charge in [0.05, 0.1) is 15.9 Å². The van der Waals surface area contributed by atoms with Crippen LogP contribution in [0.15, 0.2) is 12.1 Å². The van der Waals surface area contributed by atoms with E-state index in [0.717, 1.165) is 0 Å². The van der Waals surface area contributed by atoms with E-state index in [1.54, 1.807) is 6.92 Å². The highest BCUT2D eigenvalue weighted by molar-refractivity contribution is 7.92. The maximum atomic E-state index is 11.6. The number of nitro groups is 1. The lowest BCUT2D eigenvalue weighted by atomic mass is 10.2. The molecule has 1 aromatic rings. The second-order valence-electron chi connectivity index (χ2n) is 4.57. The largest absolute Gasteiger partial charge is 0.369 e. The van der Waals surface area contributed by atoms with Crippen LogP contribution in [0.2, 0.25) is 0 Å². The third-order valence-electron chi connectivity index (χ3n) is 3.23. The van der Waals surface area contributed by atoms with Crippen molar-refractivity contribution in [1.82, 2.24) is 4.98 Å². The van der Waals surface area contributed by atoms with Gasteiger partial charge in [-0.3, -0.25) is 10.1 Å². The Morgan fingerprint density at radius 3 is 2.79 bits per heavy atom. The van der Waals surface area contributed by atoms with Crippen molar-refractivity contribution in [3.05, 3.63) is 27.9 Å². The number of nitrogens with one attached hydrogen (secondary N) is 1. The predicted molar refractivity (Wildman–Crippen MR) is 70.9 cm³/mol. The maximum Gasteiger partial charge on any atom is 0.290 e. The lowest BCUT2D eigenvalue weighted by Gasteiger charge is -2.11. The normalized spacial score (nSPS) is 21.2. The Balaban J connectivity index is 2.05. The van der Waals surface area contributed by atoms with E-state index in [1.165, 1.54) is 12.1 Å². The van der Waals surface area contributed by atoms with Gasteiger partial charge in [0.2, 0.25) is 0 Å². The van der Waals surface area contributed by atoms with E-state index in [-0.39, 0.29) is 16.7 Å². The molecular weight excluding hydrogens is 270 g/mol. The number of sulfone groups is 1. The van der Waals surface area contributed by atoms with Gasteiger partial charge in [-0.1, -0.05) is 0 Å². The van der Waals surface area contributed by atoms with Crippen LogP contribution in [0.4, 0.5) is 11.5 Å². The van der Waals surface area contributed by atoms with E-state index >= 15 is 0 Å². The molecule has 1 unspecified atom stereocenters. The molecule has 0 spiro atoms. The van der Waals surface area contributed by atoms with Crippen LogP contribution in [0.5, 0.6) is 0 Å². The Morgan fingerprint density at radius 2 is 2.26 bits per heavy atom. The van der Waals surface area contributed by atoms with E-state index in [2.05, 4.69) is 10.3 Å². The first-order chi connectivity index (χ1) is 8.90. The minimum atomic E-state index is -2.99. The molecule has 2 rings (SSSR count). The lowest BCUT2D eigenvalue weighted by Crippen LogP contribution is -2.25. The molecule has 0 aromatic carbocycles. The molecule has 1 aliphatic heterocycles. The van der Waals surface area contributed by atoms with Gasteiger partial charge in [0.25, 0.3) is 5.69 Å². The average Bonchev–Trinajstić information content (AvgIpc) is 2.65. The first-order valence-corrected chi connectivity index (χ1v) is 7.69. The molecule has 104 valence electrons. The zero-order valence-electron chi connectivity index (χ0n) is 10.5. The van der Waals surface area contributed by atoms with Crippen molar-refractivity contribution in [2.24, 2.45) is 0 Å². The van der Waals surface area contributed by atoms with Crippen molar-refractivity contribution in [3.63, 3.8) is 0 Å². The Labute approximate surface area is 111 Å². The number of aromatic nitrogens is 1. The van der Waals surface area contributed by atoms with Crippen LogP contribution in [-0.2, 0) is 9.84 Å². The van der Waals surface area contributed by atoms with Crippen molar-refractivity contribution in [2.45, 2.75) is 25.0 Å². The molecule has 8 heteroatoms. The van der Waals surface area contributed by atoms with Gasteiger partial charge in [-0.2, -0.15) is 0 Å². The molecule has 1 N–H and O–H groups in total. The number of rotatable bonds is 4. The zero-order valence-corrected chi connectivity index (χ0v) is 11.3. The van der Waals surface area contributed by atoms with Crippen molar-refractivity contribution >= 4 is 21.3 Å². The molecule has 0 bridgehead atoms. The van der Waals surface area contributed by atoms with Gasteiger partial charge in [-0.15, -0.1) is 0 Å². The summed E-state index contributed by atoms with van der Waals surface area (Å²) < 4.78 is 23.3. The van der Waals surface area contributed by atoms with Crippen molar-refractivity contribution < 1.29 is 13.3 Å². The molecule has 19 heavy (non-hydrogen) atoms. The highest BCUT2D eigenvalue weighted by atomic mass is 32.2. The van der Waals surface area contributed by atoms with E-state index in [4.69, 9.17) is 0 Å². The molecule has 1 saturated heterocycles. The molecule has 1 aliphatic rings. The molecule has 0 aliphatic carbocycles. The fourth-order valence-electron chi connectivity index (χ4n) is 2.15. The Morgan fingerprint density at radius 1 is 1.53 bits per heavy atom. The summed E-state index contributed by atoms with van der Waals surface area (Å²) in [4.78, 5) is 14.2. The Hall–Kier alpha value is -1.70. The third kappa shape index (κ3) is 3.01. The standard InChI is InChI=1S/C11H15N3O4S/c1-8-10(14(15)16)4-5-11(13-8)12-7-9-3-2-6-19(9,17)18/h4-5,9H,2-3,6-7H2,1H3,(H,12,13). The summed E-state index contributed by atoms with van der Waals surface area (Å²) in [6, 6.07) is 2.86. The minimum absolute atomic E-state index is 0.0426. The van der Waals surface area contributed by atoms with Crippen molar-refractivity contribution in [3.8, 4) is 0 Å². The first-order valence-electron chi connectivity index (χ1n) is 5.97. The Bertz CT molecular complexity index is 600.